The van der Waals surface area contributed by atoms with E-state index in [9.17, 15) is 4.79 Å². The molecule has 1 unspecified atom stereocenters. The number of ether oxygens (including phenoxy) is 1. The SMILES string of the molecule is CC(C#N)OCCn1cc(N)ccc1=O. The zero-order chi connectivity index (χ0) is 11.3. The molecule has 0 saturated heterocycles. The number of nitriles is 1. The van der Waals surface area contributed by atoms with Crippen LogP contribution in [0.15, 0.2) is 23.1 Å². The zero-order valence-corrected chi connectivity index (χ0v) is 8.51. The van der Waals surface area contributed by atoms with Crippen molar-refractivity contribution in [1.82, 2.24) is 4.57 Å². The fourth-order valence-electron chi connectivity index (χ4n) is 1.09. The maximum absolute atomic E-state index is 11.3. The molecule has 1 heterocycles. The van der Waals surface area contributed by atoms with Gasteiger partial charge in [-0.3, -0.25) is 4.79 Å². The molecule has 0 aliphatic carbocycles. The molecule has 0 aliphatic heterocycles. The summed E-state index contributed by atoms with van der Waals surface area (Å²) in [6.07, 6.45) is 1.10. The van der Waals surface area contributed by atoms with E-state index in [2.05, 4.69) is 0 Å². The molecular weight excluding hydrogens is 194 g/mol. The van der Waals surface area contributed by atoms with Crippen LogP contribution in [-0.2, 0) is 11.3 Å². The van der Waals surface area contributed by atoms with Crippen LogP contribution >= 0.6 is 0 Å². The zero-order valence-electron chi connectivity index (χ0n) is 8.51. The predicted molar refractivity (Wildman–Crippen MR) is 56.1 cm³/mol. The molecular formula is C10H13N3O2. The van der Waals surface area contributed by atoms with Crippen molar-refractivity contribution in [3.05, 3.63) is 28.7 Å². The highest BCUT2D eigenvalue weighted by Gasteiger charge is 2.00. The maximum atomic E-state index is 11.3. The van der Waals surface area contributed by atoms with Crippen LogP contribution in [0.2, 0.25) is 0 Å². The van der Waals surface area contributed by atoms with E-state index < -0.39 is 6.10 Å². The first kappa shape index (κ1) is 11.3. The summed E-state index contributed by atoms with van der Waals surface area (Å²) < 4.78 is 6.59. The van der Waals surface area contributed by atoms with Crippen molar-refractivity contribution in [2.75, 3.05) is 12.3 Å². The van der Waals surface area contributed by atoms with Crippen molar-refractivity contribution < 1.29 is 4.74 Å². The van der Waals surface area contributed by atoms with Crippen LogP contribution in [0.25, 0.3) is 0 Å². The Bertz CT molecular complexity index is 419. The Morgan fingerprint density at radius 3 is 3.07 bits per heavy atom. The number of hydrogen-bond acceptors (Lipinski definition) is 4. The van der Waals surface area contributed by atoms with Gasteiger partial charge in [0.05, 0.1) is 12.7 Å². The molecule has 0 spiro atoms. The summed E-state index contributed by atoms with van der Waals surface area (Å²) in [5, 5.41) is 8.47. The first-order valence-corrected chi connectivity index (χ1v) is 4.60. The molecule has 0 aromatic carbocycles. The van der Waals surface area contributed by atoms with Gasteiger partial charge in [-0.2, -0.15) is 5.26 Å². The molecule has 1 rings (SSSR count). The topological polar surface area (TPSA) is 81.0 Å². The van der Waals surface area contributed by atoms with Gasteiger partial charge in [0.1, 0.15) is 6.10 Å². The van der Waals surface area contributed by atoms with E-state index in [1.807, 2.05) is 6.07 Å². The number of rotatable bonds is 4. The van der Waals surface area contributed by atoms with Crippen LogP contribution < -0.4 is 11.3 Å². The quantitative estimate of drug-likeness (QED) is 0.772. The molecule has 0 bridgehead atoms. The average Bonchev–Trinajstić information content (AvgIpc) is 2.23. The van der Waals surface area contributed by atoms with Gasteiger partial charge in [-0.1, -0.05) is 0 Å². The lowest BCUT2D eigenvalue weighted by Gasteiger charge is -2.08. The molecule has 1 aromatic rings. The van der Waals surface area contributed by atoms with Gasteiger partial charge in [-0.25, -0.2) is 0 Å². The maximum Gasteiger partial charge on any atom is 0.250 e. The van der Waals surface area contributed by atoms with Crippen molar-refractivity contribution in [2.45, 2.75) is 19.6 Å². The Hall–Kier alpha value is -1.80. The van der Waals surface area contributed by atoms with Crippen molar-refractivity contribution >= 4 is 5.69 Å². The summed E-state index contributed by atoms with van der Waals surface area (Å²) in [5.74, 6) is 0. The number of nitrogens with two attached hydrogens (primary N) is 1. The van der Waals surface area contributed by atoms with Crippen molar-refractivity contribution in [3.63, 3.8) is 0 Å². The monoisotopic (exact) mass is 207 g/mol. The summed E-state index contributed by atoms with van der Waals surface area (Å²) in [6, 6.07) is 4.90. The number of nitrogens with zero attached hydrogens (tertiary/aromatic N) is 2. The minimum atomic E-state index is -0.457. The molecule has 2 N–H and O–H groups in total. The number of hydrogen-bond donors (Lipinski definition) is 1. The predicted octanol–water partition coefficient (Wildman–Crippen LogP) is 0.359. The highest BCUT2D eigenvalue weighted by molar-refractivity contribution is 5.33. The first-order chi connectivity index (χ1) is 7.13. The van der Waals surface area contributed by atoms with Crippen LogP contribution in [0, 0.1) is 11.3 Å². The van der Waals surface area contributed by atoms with Crippen molar-refractivity contribution in [1.29, 1.82) is 5.26 Å². The van der Waals surface area contributed by atoms with Crippen LogP contribution in [-0.4, -0.2) is 17.3 Å². The Balaban J connectivity index is 2.55. The third-order valence-electron chi connectivity index (χ3n) is 1.89. The molecule has 5 nitrogen and oxygen atoms in total. The first-order valence-electron chi connectivity index (χ1n) is 4.60. The largest absolute Gasteiger partial charge is 0.398 e. The molecule has 80 valence electrons. The average molecular weight is 207 g/mol. The second-order valence-electron chi connectivity index (χ2n) is 3.14. The molecule has 15 heavy (non-hydrogen) atoms. The summed E-state index contributed by atoms with van der Waals surface area (Å²) in [4.78, 5) is 11.3. The fraction of sp³-hybridized carbons (Fsp3) is 0.400. The molecule has 0 amide bonds. The van der Waals surface area contributed by atoms with Crippen molar-refractivity contribution in [2.24, 2.45) is 0 Å². The van der Waals surface area contributed by atoms with Crippen molar-refractivity contribution in [3.8, 4) is 6.07 Å². The van der Waals surface area contributed by atoms with Gasteiger partial charge in [-0.15, -0.1) is 0 Å². The summed E-state index contributed by atoms with van der Waals surface area (Å²) in [6.45, 7) is 2.37. The number of anilines is 1. The third kappa shape index (κ3) is 3.44. The van der Waals surface area contributed by atoms with E-state index in [1.54, 1.807) is 19.2 Å². The van der Waals surface area contributed by atoms with Gasteiger partial charge in [-0.05, 0) is 13.0 Å². The van der Waals surface area contributed by atoms with Crippen LogP contribution in [0.3, 0.4) is 0 Å². The van der Waals surface area contributed by atoms with Crippen LogP contribution in [0.5, 0.6) is 0 Å². The Labute approximate surface area is 87.7 Å². The van der Waals surface area contributed by atoms with E-state index in [4.69, 9.17) is 15.7 Å². The van der Waals surface area contributed by atoms with Crippen LogP contribution in [0.4, 0.5) is 5.69 Å². The third-order valence-corrected chi connectivity index (χ3v) is 1.89. The minimum Gasteiger partial charge on any atom is -0.398 e. The molecule has 1 atom stereocenters. The van der Waals surface area contributed by atoms with Crippen LogP contribution in [0.1, 0.15) is 6.92 Å². The van der Waals surface area contributed by atoms with E-state index in [-0.39, 0.29) is 5.56 Å². The lowest BCUT2D eigenvalue weighted by Crippen LogP contribution is -2.22. The standard InChI is InChI=1S/C10H13N3O2/c1-8(6-11)15-5-4-13-7-9(12)2-3-10(13)14/h2-3,7-8H,4-5,12H2,1H3. The second kappa shape index (κ2) is 5.17. The summed E-state index contributed by atoms with van der Waals surface area (Å²) in [7, 11) is 0. The Kier molecular flexibility index (Phi) is 3.89. The smallest absolute Gasteiger partial charge is 0.250 e. The van der Waals surface area contributed by atoms with E-state index in [0.29, 0.717) is 18.8 Å². The van der Waals surface area contributed by atoms with Gasteiger partial charge in [0.25, 0.3) is 5.56 Å². The molecule has 5 heteroatoms. The lowest BCUT2D eigenvalue weighted by molar-refractivity contribution is 0.0947. The summed E-state index contributed by atoms with van der Waals surface area (Å²) in [5.41, 5.74) is 5.94. The minimum absolute atomic E-state index is 0.127. The van der Waals surface area contributed by atoms with E-state index in [1.165, 1.54) is 10.6 Å². The van der Waals surface area contributed by atoms with E-state index >= 15 is 0 Å². The van der Waals surface area contributed by atoms with Gasteiger partial charge in [0.2, 0.25) is 0 Å². The van der Waals surface area contributed by atoms with Gasteiger partial charge < -0.3 is 15.0 Å². The Morgan fingerprint density at radius 1 is 1.67 bits per heavy atom. The number of aromatic nitrogens is 1. The normalized spacial score (nSPS) is 12.0. The summed E-state index contributed by atoms with van der Waals surface area (Å²) >= 11 is 0. The molecule has 1 aromatic heterocycles. The van der Waals surface area contributed by atoms with E-state index in [0.717, 1.165) is 0 Å². The van der Waals surface area contributed by atoms with Gasteiger partial charge in [0.15, 0.2) is 0 Å². The van der Waals surface area contributed by atoms with Gasteiger partial charge in [0, 0.05) is 24.5 Å². The second-order valence-corrected chi connectivity index (χ2v) is 3.14. The number of pyridine rings is 1. The lowest BCUT2D eigenvalue weighted by atomic mass is 10.4. The number of nitrogen functional groups attached to an aromatic ring is 1. The van der Waals surface area contributed by atoms with Gasteiger partial charge >= 0.3 is 0 Å². The molecule has 0 radical (unpaired) electrons. The molecule has 0 aliphatic rings. The molecule has 0 saturated carbocycles. The fourth-order valence-corrected chi connectivity index (χ4v) is 1.09. The molecule has 0 fully saturated rings. The highest BCUT2D eigenvalue weighted by atomic mass is 16.5. The Morgan fingerprint density at radius 2 is 2.40 bits per heavy atom. The highest BCUT2D eigenvalue weighted by Crippen LogP contribution is 1.96.